The van der Waals surface area contributed by atoms with Crippen molar-refractivity contribution in [1.29, 1.82) is 0 Å². The van der Waals surface area contributed by atoms with Crippen LogP contribution in [0.15, 0.2) is 67.2 Å². The van der Waals surface area contributed by atoms with Crippen molar-refractivity contribution < 1.29 is 37.4 Å². The Kier molecular flexibility index (Phi) is 7.34. The van der Waals surface area contributed by atoms with E-state index in [0.717, 1.165) is 12.1 Å². The highest BCUT2D eigenvalue weighted by molar-refractivity contribution is 5.83. The SMILES string of the molecule is Cc1cc(=O)c2cc(OCC(O)COc3cc([18F])cc4occc(=O)c34)ccc2o1.O=C=O. The molecule has 0 aliphatic carbocycles. The Morgan fingerprint density at radius 1 is 1.00 bits per heavy atom. The third-order valence-electron chi connectivity index (χ3n) is 4.39. The van der Waals surface area contributed by atoms with Crippen LogP contribution >= 0.6 is 0 Å². The molecule has 0 amide bonds. The molecule has 4 rings (SSSR count). The van der Waals surface area contributed by atoms with Crippen molar-refractivity contribution in [3.8, 4) is 11.5 Å². The Morgan fingerprint density at radius 3 is 2.48 bits per heavy atom. The Labute approximate surface area is 184 Å². The summed E-state index contributed by atoms with van der Waals surface area (Å²) in [6, 6.07) is 9.47. The van der Waals surface area contributed by atoms with Crippen LogP contribution in [0.5, 0.6) is 11.5 Å². The minimum Gasteiger partial charge on any atom is -0.491 e. The second-order valence-electron chi connectivity index (χ2n) is 6.80. The fraction of sp³-hybridized carbons (Fsp3) is 0.174. The van der Waals surface area contributed by atoms with Crippen molar-refractivity contribution >= 4 is 28.1 Å². The van der Waals surface area contributed by atoms with Crippen molar-refractivity contribution in [2.24, 2.45) is 0 Å². The van der Waals surface area contributed by atoms with Gasteiger partial charge < -0.3 is 23.4 Å². The third kappa shape index (κ3) is 5.70. The average Bonchev–Trinajstić information content (AvgIpc) is 2.76. The molecule has 0 saturated heterocycles. The van der Waals surface area contributed by atoms with Crippen molar-refractivity contribution in [3.05, 3.63) is 80.8 Å². The lowest BCUT2D eigenvalue weighted by molar-refractivity contribution is -0.191. The fourth-order valence-corrected chi connectivity index (χ4v) is 3.03. The summed E-state index contributed by atoms with van der Waals surface area (Å²) in [5.41, 5.74) is -0.0939. The minimum absolute atomic E-state index is 0.0305. The summed E-state index contributed by atoms with van der Waals surface area (Å²) in [5.74, 6) is 0.210. The van der Waals surface area contributed by atoms with Gasteiger partial charge in [-0.1, -0.05) is 0 Å². The maximum absolute atomic E-state index is 13.7. The molecule has 1 unspecified atom stereocenters. The highest BCUT2D eigenvalue weighted by atomic mass is 18.2. The monoisotopic (exact) mass is 455 g/mol. The van der Waals surface area contributed by atoms with Crippen LogP contribution in [0.2, 0.25) is 0 Å². The van der Waals surface area contributed by atoms with E-state index in [4.69, 9.17) is 27.9 Å². The fourth-order valence-electron chi connectivity index (χ4n) is 3.03. The number of aliphatic hydroxyl groups is 1. The minimum atomic E-state index is -1.08. The number of fused-ring (bicyclic) bond motifs is 2. The molecule has 0 saturated carbocycles. The smallest absolute Gasteiger partial charge is 0.373 e. The van der Waals surface area contributed by atoms with Crippen LogP contribution in [0.25, 0.3) is 21.9 Å². The molecule has 2 heterocycles. The first kappa shape index (κ1) is 23.4. The summed E-state index contributed by atoms with van der Waals surface area (Å²) in [6.07, 6.45) is 0.339. The zero-order valence-electron chi connectivity index (χ0n) is 17.2. The number of benzene rings is 2. The average molecular weight is 455 g/mol. The third-order valence-corrected chi connectivity index (χ3v) is 4.39. The van der Waals surface area contributed by atoms with Crippen molar-refractivity contribution in [3.63, 3.8) is 0 Å². The van der Waals surface area contributed by atoms with Crippen LogP contribution < -0.4 is 20.3 Å². The maximum Gasteiger partial charge on any atom is 0.373 e. The van der Waals surface area contributed by atoms with E-state index in [9.17, 15) is 19.1 Å². The van der Waals surface area contributed by atoms with Gasteiger partial charge in [-0.25, -0.2) is 4.39 Å². The van der Waals surface area contributed by atoms with E-state index >= 15 is 0 Å². The molecule has 0 fully saturated rings. The number of aryl methyl sites for hydroxylation is 1. The molecule has 2 aromatic carbocycles. The van der Waals surface area contributed by atoms with E-state index in [1.807, 2.05) is 0 Å². The Morgan fingerprint density at radius 2 is 1.73 bits per heavy atom. The summed E-state index contributed by atoms with van der Waals surface area (Å²) in [7, 11) is 0. The lowest BCUT2D eigenvalue weighted by Crippen LogP contribution is -2.25. The molecule has 1 N–H and O–H groups in total. The predicted molar refractivity (Wildman–Crippen MR) is 112 cm³/mol. The molecule has 2 aromatic heterocycles. The first-order valence-electron chi connectivity index (χ1n) is 9.51. The number of halogens is 1. The van der Waals surface area contributed by atoms with Gasteiger partial charge in [0.1, 0.15) is 58.9 Å². The van der Waals surface area contributed by atoms with E-state index < -0.39 is 11.9 Å². The van der Waals surface area contributed by atoms with Gasteiger partial charge in [-0.2, -0.15) is 9.59 Å². The molecule has 0 spiro atoms. The maximum atomic E-state index is 13.7. The summed E-state index contributed by atoms with van der Waals surface area (Å²) in [6.45, 7) is 1.29. The van der Waals surface area contributed by atoms with Crippen LogP contribution in [0.4, 0.5) is 4.39 Å². The van der Waals surface area contributed by atoms with Crippen LogP contribution in [0.1, 0.15) is 5.76 Å². The number of carbonyl (C=O) groups excluding carboxylic acids is 2. The molecule has 9 nitrogen and oxygen atoms in total. The molecule has 0 aliphatic heterocycles. The first-order valence-corrected chi connectivity index (χ1v) is 9.51. The number of aliphatic hydroxyl groups excluding tert-OH is 1. The van der Waals surface area contributed by atoms with Gasteiger partial charge in [-0.05, 0) is 25.1 Å². The lowest BCUT2D eigenvalue weighted by Gasteiger charge is -2.14. The first-order chi connectivity index (χ1) is 15.8. The van der Waals surface area contributed by atoms with Crippen molar-refractivity contribution in [2.75, 3.05) is 13.2 Å². The van der Waals surface area contributed by atoms with Gasteiger partial charge in [0.15, 0.2) is 10.9 Å². The summed E-state index contributed by atoms with van der Waals surface area (Å²) < 4.78 is 35.3. The zero-order chi connectivity index (χ0) is 24.0. The predicted octanol–water partition coefficient (Wildman–Crippen LogP) is 2.58. The number of hydrogen-bond donors (Lipinski definition) is 1. The molecule has 10 heteroatoms. The van der Waals surface area contributed by atoms with E-state index in [2.05, 4.69) is 0 Å². The van der Waals surface area contributed by atoms with Crippen LogP contribution in [0.3, 0.4) is 0 Å². The molecule has 4 aromatic rings. The largest absolute Gasteiger partial charge is 0.491 e. The number of hydrogen-bond acceptors (Lipinski definition) is 9. The van der Waals surface area contributed by atoms with E-state index in [1.165, 1.54) is 24.5 Å². The lowest BCUT2D eigenvalue weighted by atomic mass is 10.2. The second-order valence-corrected chi connectivity index (χ2v) is 6.80. The molecule has 0 bridgehead atoms. The normalized spacial score (nSPS) is 11.4. The molecule has 1 atom stereocenters. The highest BCUT2D eigenvalue weighted by Crippen LogP contribution is 2.24. The molecule has 170 valence electrons. The van der Waals surface area contributed by atoms with Crippen LogP contribution in [0, 0.1) is 12.7 Å². The molecular formula is C23H17FO9. The quantitative estimate of drug-likeness (QED) is 0.466. The highest BCUT2D eigenvalue weighted by Gasteiger charge is 2.14. The van der Waals surface area contributed by atoms with E-state index in [-0.39, 0.29) is 46.9 Å². The van der Waals surface area contributed by atoms with Gasteiger partial charge in [-0.3, -0.25) is 9.59 Å². The summed E-state index contributed by atoms with van der Waals surface area (Å²) >= 11 is 0. The van der Waals surface area contributed by atoms with Crippen molar-refractivity contribution in [2.45, 2.75) is 13.0 Å². The standard InChI is InChI=1S/C22H17FO7.CO2/c1-12-6-18(26)16-9-15(2-3-19(16)30-12)28-10-14(24)11-29-21-8-13(23)7-20-22(21)17(25)4-5-27-20;2-1-3/h2-9,14,24H,10-11H2,1H3;/i23-1;. The molecule has 33 heavy (non-hydrogen) atoms. The Bertz CT molecular complexity index is 1430. The Balaban J connectivity index is 0.000000968. The zero-order valence-corrected chi connectivity index (χ0v) is 17.2. The number of rotatable bonds is 6. The second kappa shape index (κ2) is 10.4. The van der Waals surface area contributed by atoms with Gasteiger partial charge in [0.2, 0.25) is 0 Å². The van der Waals surface area contributed by atoms with Gasteiger partial charge in [-0.15, -0.1) is 0 Å². The van der Waals surface area contributed by atoms with Crippen LogP contribution in [-0.4, -0.2) is 30.6 Å². The van der Waals surface area contributed by atoms with Gasteiger partial charge in [0.05, 0.1) is 11.6 Å². The topological polar surface area (TPSA) is 133 Å². The van der Waals surface area contributed by atoms with Gasteiger partial charge >= 0.3 is 6.15 Å². The summed E-state index contributed by atoms with van der Waals surface area (Å²) in [4.78, 5) is 40.4. The van der Waals surface area contributed by atoms with Crippen LogP contribution in [-0.2, 0) is 9.59 Å². The van der Waals surface area contributed by atoms with E-state index in [1.54, 1.807) is 19.1 Å². The molecular weight excluding hydrogens is 438 g/mol. The van der Waals surface area contributed by atoms with E-state index in [0.29, 0.717) is 22.5 Å². The van der Waals surface area contributed by atoms with Crippen molar-refractivity contribution in [1.82, 2.24) is 0 Å². The Hall–Kier alpha value is -4.27. The molecule has 0 radical (unpaired) electrons. The molecule has 0 aliphatic rings. The van der Waals surface area contributed by atoms with Gasteiger partial charge in [0.25, 0.3) is 0 Å². The summed E-state index contributed by atoms with van der Waals surface area (Å²) in [5, 5.41) is 10.6. The number of ether oxygens (including phenoxy) is 2. The van der Waals surface area contributed by atoms with Gasteiger partial charge in [0, 0.05) is 24.3 Å².